The molecule has 0 bridgehead atoms. The summed E-state index contributed by atoms with van der Waals surface area (Å²) in [6.45, 7) is -0.919. The Morgan fingerprint density at radius 1 is 1.20 bits per heavy atom. The fraction of sp³-hybridized carbons (Fsp3) is 0.190. The van der Waals surface area contributed by atoms with Crippen LogP contribution in [0.25, 0.3) is 11.3 Å². The van der Waals surface area contributed by atoms with Crippen LogP contribution in [0.1, 0.15) is 27.2 Å². The van der Waals surface area contributed by atoms with E-state index in [9.17, 15) is 13.6 Å². The van der Waals surface area contributed by atoms with Gasteiger partial charge in [0.2, 0.25) is 0 Å². The van der Waals surface area contributed by atoms with Gasteiger partial charge in [-0.25, -0.2) is 0 Å². The number of nitriles is 1. The summed E-state index contributed by atoms with van der Waals surface area (Å²) in [6.07, 6.45) is 6.04. The number of rotatable bonds is 5. The van der Waals surface area contributed by atoms with Crippen LogP contribution in [-0.2, 0) is 13.0 Å². The molecule has 0 fully saturated rings. The number of fused-ring (bicyclic) bond motifs is 1. The van der Waals surface area contributed by atoms with E-state index in [1.54, 1.807) is 36.4 Å². The smallest absolute Gasteiger partial charge is 0.387 e. The predicted molar refractivity (Wildman–Crippen MR) is 103 cm³/mol. The molecule has 4 rings (SSSR count). The molecule has 150 valence electrons. The number of aryl methyl sites for hydroxylation is 1. The molecule has 1 amide bonds. The molecular weight excluding hydrogens is 392 g/mol. The first-order valence-corrected chi connectivity index (χ1v) is 8.99. The van der Waals surface area contributed by atoms with Crippen LogP contribution in [0.15, 0.2) is 43.0 Å². The molecule has 4 heterocycles. The van der Waals surface area contributed by atoms with Crippen LogP contribution in [-0.4, -0.2) is 27.5 Å². The van der Waals surface area contributed by atoms with Crippen molar-refractivity contribution in [2.45, 2.75) is 26.5 Å². The Bertz CT molecular complexity index is 1180. The number of amides is 1. The van der Waals surface area contributed by atoms with E-state index in [-0.39, 0.29) is 24.6 Å². The van der Waals surface area contributed by atoms with Crippen molar-refractivity contribution in [3.63, 3.8) is 0 Å². The summed E-state index contributed by atoms with van der Waals surface area (Å²) in [5, 5.41) is 8.89. The number of hydrogen-bond donors (Lipinski definition) is 0. The summed E-state index contributed by atoms with van der Waals surface area (Å²) in [6, 6.07) is 6.96. The van der Waals surface area contributed by atoms with Gasteiger partial charge in [0.1, 0.15) is 5.75 Å². The maximum absolute atomic E-state index is 13.0. The zero-order chi connectivity index (χ0) is 21.3. The number of aromatic nitrogens is 3. The topological polar surface area (TPSA) is 92.0 Å². The Kier molecular flexibility index (Phi) is 5.06. The summed E-state index contributed by atoms with van der Waals surface area (Å²) in [5.41, 5.74) is 4.08. The number of nitrogens with zero attached hydrogens (tertiary/aromatic N) is 5. The molecule has 9 heteroatoms. The fourth-order valence-corrected chi connectivity index (χ4v) is 3.39. The van der Waals surface area contributed by atoms with E-state index in [4.69, 9.17) is 5.26 Å². The van der Waals surface area contributed by atoms with Gasteiger partial charge in [0.05, 0.1) is 54.1 Å². The van der Waals surface area contributed by atoms with Crippen LogP contribution in [0.4, 0.5) is 14.5 Å². The van der Waals surface area contributed by atoms with Crippen molar-refractivity contribution in [1.82, 2.24) is 15.0 Å². The van der Waals surface area contributed by atoms with Crippen LogP contribution in [0, 0.1) is 18.3 Å². The van der Waals surface area contributed by atoms with Gasteiger partial charge in [0, 0.05) is 18.0 Å². The lowest BCUT2D eigenvalue weighted by molar-refractivity contribution is -0.0500. The Labute approximate surface area is 170 Å². The highest BCUT2D eigenvalue weighted by molar-refractivity contribution is 6.10. The van der Waals surface area contributed by atoms with Gasteiger partial charge in [-0.3, -0.25) is 19.7 Å². The third-order valence-corrected chi connectivity index (χ3v) is 4.67. The first kappa shape index (κ1) is 19.4. The second-order valence-corrected chi connectivity index (χ2v) is 6.71. The average molecular weight is 407 g/mol. The molecule has 0 atom stereocenters. The van der Waals surface area contributed by atoms with E-state index in [1.165, 1.54) is 18.5 Å². The van der Waals surface area contributed by atoms with E-state index in [1.807, 2.05) is 0 Å². The molecule has 0 aromatic carbocycles. The van der Waals surface area contributed by atoms with E-state index in [2.05, 4.69) is 25.8 Å². The predicted octanol–water partition coefficient (Wildman–Crippen LogP) is 3.67. The van der Waals surface area contributed by atoms with Crippen LogP contribution >= 0.6 is 0 Å². The monoisotopic (exact) mass is 407 g/mol. The Morgan fingerprint density at radius 2 is 2.00 bits per heavy atom. The summed E-state index contributed by atoms with van der Waals surface area (Å²) < 4.78 is 29.4. The second-order valence-electron chi connectivity index (χ2n) is 6.71. The lowest BCUT2D eigenvalue weighted by Gasteiger charge is -2.15. The number of halogens is 2. The van der Waals surface area contributed by atoms with Crippen molar-refractivity contribution >= 4 is 11.6 Å². The standard InChI is InChI=1S/C21H15F2N5O2/c1-12-4-17(14-6-16(10-26-8-14)30-21(22)23)27-18-11-28(20(29)19(12)18)15-5-13(2-3-24)7-25-9-15/h4-10,21H,2,11H2,1H3. The number of pyridine rings is 3. The summed E-state index contributed by atoms with van der Waals surface area (Å²) in [5.74, 6) is -0.272. The van der Waals surface area contributed by atoms with E-state index >= 15 is 0 Å². The van der Waals surface area contributed by atoms with Crippen molar-refractivity contribution in [3.8, 4) is 23.1 Å². The van der Waals surface area contributed by atoms with Gasteiger partial charge in [-0.15, -0.1) is 0 Å². The van der Waals surface area contributed by atoms with Gasteiger partial charge in [-0.1, -0.05) is 0 Å². The molecule has 7 nitrogen and oxygen atoms in total. The molecule has 0 saturated carbocycles. The van der Waals surface area contributed by atoms with Crippen LogP contribution < -0.4 is 9.64 Å². The molecule has 0 unspecified atom stereocenters. The molecule has 0 radical (unpaired) electrons. The zero-order valence-corrected chi connectivity index (χ0v) is 15.8. The average Bonchev–Trinajstić information content (AvgIpc) is 3.05. The highest BCUT2D eigenvalue weighted by Gasteiger charge is 2.32. The molecule has 3 aromatic heterocycles. The van der Waals surface area contributed by atoms with Crippen molar-refractivity contribution < 1.29 is 18.3 Å². The number of carbonyl (C=O) groups is 1. The van der Waals surface area contributed by atoms with Crippen LogP contribution in [0.2, 0.25) is 0 Å². The number of ether oxygens (including phenoxy) is 1. The third kappa shape index (κ3) is 3.67. The molecule has 1 aliphatic heterocycles. The second kappa shape index (κ2) is 7.83. The Morgan fingerprint density at radius 3 is 2.77 bits per heavy atom. The maximum Gasteiger partial charge on any atom is 0.387 e. The minimum Gasteiger partial charge on any atom is -0.433 e. The molecule has 30 heavy (non-hydrogen) atoms. The molecular formula is C21H15F2N5O2. The number of anilines is 1. The number of alkyl halides is 2. The number of hydrogen-bond acceptors (Lipinski definition) is 6. The molecule has 0 aliphatic carbocycles. The summed E-state index contributed by atoms with van der Waals surface area (Å²) in [7, 11) is 0. The van der Waals surface area contributed by atoms with Crippen molar-refractivity contribution in [2.24, 2.45) is 0 Å². The quantitative estimate of drug-likeness (QED) is 0.641. The van der Waals surface area contributed by atoms with E-state index in [0.29, 0.717) is 39.3 Å². The Hall–Kier alpha value is -3.93. The highest BCUT2D eigenvalue weighted by atomic mass is 19.3. The van der Waals surface area contributed by atoms with Gasteiger partial charge in [0.25, 0.3) is 5.91 Å². The third-order valence-electron chi connectivity index (χ3n) is 4.67. The largest absolute Gasteiger partial charge is 0.433 e. The fourth-order valence-electron chi connectivity index (χ4n) is 3.39. The van der Waals surface area contributed by atoms with Gasteiger partial charge in [-0.2, -0.15) is 14.0 Å². The highest BCUT2D eigenvalue weighted by Crippen LogP contribution is 2.32. The first-order valence-electron chi connectivity index (χ1n) is 8.99. The van der Waals surface area contributed by atoms with Crippen molar-refractivity contribution in [1.29, 1.82) is 5.26 Å². The maximum atomic E-state index is 13.0. The molecule has 0 N–H and O–H groups in total. The molecule has 0 spiro atoms. The van der Waals surface area contributed by atoms with Crippen molar-refractivity contribution in [2.75, 3.05) is 4.90 Å². The van der Waals surface area contributed by atoms with Gasteiger partial charge < -0.3 is 9.64 Å². The van der Waals surface area contributed by atoms with Gasteiger partial charge >= 0.3 is 6.61 Å². The molecule has 1 aliphatic rings. The van der Waals surface area contributed by atoms with E-state index in [0.717, 1.165) is 0 Å². The SMILES string of the molecule is Cc1cc(-c2cncc(OC(F)F)c2)nc2c1C(=O)N(c1cncc(CC#N)c1)C2. The lowest BCUT2D eigenvalue weighted by atomic mass is 10.1. The van der Waals surface area contributed by atoms with Crippen LogP contribution in [0.5, 0.6) is 5.75 Å². The summed E-state index contributed by atoms with van der Waals surface area (Å²) in [4.78, 5) is 27.2. The first-order chi connectivity index (χ1) is 14.5. The number of carbonyl (C=O) groups excluding carboxylic acids is 1. The molecule has 0 saturated heterocycles. The normalized spacial score (nSPS) is 12.8. The van der Waals surface area contributed by atoms with Crippen molar-refractivity contribution in [3.05, 3.63) is 65.4 Å². The minimum atomic E-state index is -2.95. The Balaban J connectivity index is 1.68. The lowest BCUT2D eigenvalue weighted by Crippen LogP contribution is -2.23. The van der Waals surface area contributed by atoms with E-state index < -0.39 is 6.61 Å². The van der Waals surface area contributed by atoms with Crippen LogP contribution in [0.3, 0.4) is 0 Å². The van der Waals surface area contributed by atoms with Gasteiger partial charge in [-0.05, 0) is 36.2 Å². The van der Waals surface area contributed by atoms with Gasteiger partial charge in [0.15, 0.2) is 0 Å². The minimum absolute atomic E-state index is 0.0689. The molecule has 3 aromatic rings. The summed E-state index contributed by atoms with van der Waals surface area (Å²) >= 11 is 0. The zero-order valence-electron chi connectivity index (χ0n) is 15.8.